The van der Waals surface area contributed by atoms with Gasteiger partial charge in [-0.25, -0.2) is 0 Å². The highest BCUT2D eigenvalue weighted by Gasteiger charge is 2.64. The molecule has 1 aliphatic heterocycles. The number of amides is 1. The van der Waals surface area contributed by atoms with Gasteiger partial charge in [0.25, 0.3) is 5.91 Å². The van der Waals surface area contributed by atoms with Crippen LogP contribution in [-0.2, 0) is 20.8 Å². The highest BCUT2D eigenvalue weighted by molar-refractivity contribution is 6.24. The van der Waals surface area contributed by atoms with E-state index in [1.54, 1.807) is 14.1 Å². The SMILES string of the molecule is CN(C)c1cc2c(c3c1C[C@H]1C[C@H]4[C@H](N(C)C)C(=O)C(C(N)=O)=C(O)[C@@]4(O)C(=O)C1=C3O)OCN2. The number of rotatable bonds is 3. The second-order valence-corrected chi connectivity index (χ2v) is 9.95. The summed E-state index contributed by atoms with van der Waals surface area (Å²) in [5, 5.41) is 37.1. The fourth-order valence-corrected chi connectivity index (χ4v) is 6.14. The Morgan fingerprint density at radius 3 is 2.51 bits per heavy atom. The minimum absolute atomic E-state index is 0.0629. The maximum absolute atomic E-state index is 13.9. The van der Waals surface area contributed by atoms with Crippen molar-refractivity contribution in [1.29, 1.82) is 0 Å². The Morgan fingerprint density at radius 1 is 1.23 bits per heavy atom. The van der Waals surface area contributed by atoms with Crippen LogP contribution < -0.4 is 20.7 Å². The van der Waals surface area contributed by atoms with Crippen LogP contribution in [0.3, 0.4) is 0 Å². The van der Waals surface area contributed by atoms with E-state index < -0.39 is 52.3 Å². The molecule has 186 valence electrons. The zero-order chi connectivity index (χ0) is 25.6. The number of hydrogen-bond acceptors (Lipinski definition) is 10. The smallest absolute Gasteiger partial charge is 0.255 e. The molecule has 1 aromatic carbocycles. The molecule has 1 aromatic rings. The van der Waals surface area contributed by atoms with Gasteiger partial charge in [0, 0.05) is 31.3 Å². The summed E-state index contributed by atoms with van der Waals surface area (Å²) in [4.78, 5) is 42.5. The number of Topliss-reactive ketones (excluding diaryl/α,β-unsaturated/α-hetero) is 2. The molecular formula is C24H28N4O7. The van der Waals surface area contributed by atoms with E-state index in [0.717, 1.165) is 11.3 Å². The number of aliphatic hydroxyl groups excluding tert-OH is 2. The van der Waals surface area contributed by atoms with Gasteiger partial charge in [-0.3, -0.25) is 19.3 Å². The number of nitrogens with one attached hydrogen (secondary N) is 1. The molecule has 1 amide bonds. The first-order chi connectivity index (χ1) is 16.4. The highest BCUT2D eigenvalue weighted by atomic mass is 16.5. The molecule has 0 bridgehead atoms. The van der Waals surface area contributed by atoms with Crippen molar-refractivity contribution in [2.45, 2.75) is 24.5 Å². The molecule has 0 aromatic heterocycles. The Hall–Kier alpha value is -3.57. The predicted octanol–water partition coefficient (Wildman–Crippen LogP) is 0.0862. The molecule has 11 nitrogen and oxygen atoms in total. The molecule has 35 heavy (non-hydrogen) atoms. The number of benzene rings is 1. The Labute approximate surface area is 201 Å². The lowest BCUT2D eigenvalue weighted by Crippen LogP contribution is -2.65. The van der Waals surface area contributed by atoms with E-state index in [4.69, 9.17) is 10.5 Å². The number of carbonyl (C=O) groups excluding carboxylic acids is 3. The summed E-state index contributed by atoms with van der Waals surface area (Å²) in [5.74, 6) is -5.53. The monoisotopic (exact) mass is 484 g/mol. The highest BCUT2D eigenvalue weighted by Crippen LogP contribution is 2.55. The maximum Gasteiger partial charge on any atom is 0.255 e. The second-order valence-electron chi connectivity index (χ2n) is 9.95. The number of nitrogens with two attached hydrogens (primary N) is 1. The van der Waals surface area contributed by atoms with Gasteiger partial charge in [-0.1, -0.05) is 0 Å². The lowest BCUT2D eigenvalue weighted by Gasteiger charge is -2.50. The molecule has 1 saturated carbocycles. The molecule has 6 N–H and O–H groups in total. The first-order valence-corrected chi connectivity index (χ1v) is 11.3. The van der Waals surface area contributed by atoms with Crippen LogP contribution in [0, 0.1) is 11.8 Å². The second kappa shape index (κ2) is 7.46. The van der Waals surface area contributed by atoms with Crippen molar-refractivity contribution < 1.29 is 34.4 Å². The van der Waals surface area contributed by atoms with Crippen molar-refractivity contribution in [3.63, 3.8) is 0 Å². The average Bonchev–Trinajstić information content (AvgIpc) is 3.23. The zero-order valence-electron chi connectivity index (χ0n) is 19.9. The fourth-order valence-electron chi connectivity index (χ4n) is 6.14. The Kier molecular flexibility index (Phi) is 4.94. The van der Waals surface area contributed by atoms with E-state index in [9.17, 15) is 29.7 Å². The molecule has 5 rings (SSSR count). The quantitative estimate of drug-likeness (QED) is 0.371. The molecule has 1 heterocycles. The van der Waals surface area contributed by atoms with Gasteiger partial charge in [0.15, 0.2) is 23.9 Å². The number of likely N-dealkylation sites (N-methyl/N-ethyl adjacent to an activating group) is 1. The van der Waals surface area contributed by atoms with Crippen LogP contribution in [0.1, 0.15) is 17.5 Å². The van der Waals surface area contributed by atoms with Crippen LogP contribution in [-0.4, -0.2) is 84.3 Å². The minimum atomic E-state index is -2.59. The van der Waals surface area contributed by atoms with Gasteiger partial charge < -0.3 is 36.0 Å². The first-order valence-electron chi connectivity index (χ1n) is 11.3. The van der Waals surface area contributed by atoms with Crippen LogP contribution in [0.15, 0.2) is 23.0 Å². The molecule has 1 fully saturated rings. The molecule has 0 unspecified atom stereocenters. The number of aliphatic hydroxyl groups is 3. The number of anilines is 2. The van der Waals surface area contributed by atoms with E-state index in [-0.39, 0.29) is 24.5 Å². The Balaban J connectivity index is 1.77. The summed E-state index contributed by atoms with van der Waals surface area (Å²) in [5.41, 5.74) is 4.53. The standard InChI is InChI=1S/C24H28N4O7/c1-27(2)13-7-12-20(35-8-26-12)15-10(13)5-9-6-11-17(28(3)4)19(30)16(23(25)33)22(32)24(11,34)21(31)14(9)18(15)29/h7,9,11,17,26,29,32,34H,5-6,8H2,1-4H3,(H2,25,33)/t9-,11-,17-,24-/m0/s1. The van der Waals surface area contributed by atoms with Crippen LogP contribution in [0.2, 0.25) is 0 Å². The number of ether oxygens (including phenoxy) is 1. The van der Waals surface area contributed by atoms with Gasteiger partial charge in [0.1, 0.15) is 17.1 Å². The molecule has 3 aliphatic carbocycles. The summed E-state index contributed by atoms with van der Waals surface area (Å²) in [6.45, 7) is 0.197. The number of fused-ring (bicyclic) bond motifs is 5. The van der Waals surface area contributed by atoms with Crippen molar-refractivity contribution in [3.05, 3.63) is 34.1 Å². The fraction of sp³-hybridized carbons (Fsp3) is 0.458. The molecule has 11 heteroatoms. The lowest BCUT2D eigenvalue weighted by atomic mass is 9.57. The number of ketones is 2. The van der Waals surface area contributed by atoms with Crippen LogP contribution in [0.25, 0.3) is 5.76 Å². The van der Waals surface area contributed by atoms with Crippen molar-refractivity contribution in [1.82, 2.24) is 4.90 Å². The summed E-state index contributed by atoms with van der Waals surface area (Å²) in [7, 11) is 6.92. The molecule has 0 radical (unpaired) electrons. The Morgan fingerprint density at radius 2 is 1.91 bits per heavy atom. The van der Waals surface area contributed by atoms with Crippen molar-refractivity contribution >= 4 is 34.6 Å². The van der Waals surface area contributed by atoms with E-state index in [1.807, 2.05) is 25.1 Å². The van der Waals surface area contributed by atoms with Crippen molar-refractivity contribution in [2.24, 2.45) is 17.6 Å². The molecule has 0 saturated heterocycles. The summed E-state index contributed by atoms with van der Waals surface area (Å²) < 4.78 is 5.71. The molecule has 4 atom stereocenters. The minimum Gasteiger partial charge on any atom is -0.508 e. The average molecular weight is 485 g/mol. The third-order valence-electron chi connectivity index (χ3n) is 7.64. The van der Waals surface area contributed by atoms with Crippen molar-refractivity contribution in [2.75, 3.05) is 45.1 Å². The van der Waals surface area contributed by atoms with Gasteiger partial charge >= 0.3 is 0 Å². The summed E-state index contributed by atoms with van der Waals surface area (Å²) in [6, 6.07) is 0.842. The van der Waals surface area contributed by atoms with E-state index in [2.05, 4.69) is 5.32 Å². The van der Waals surface area contributed by atoms with Crippen LogP contribution in [0.5, 0.6) is 5.75 Å². The van der Waals surface area contributed by atoms with Crippen LogP contribution >= 0.6 is 0 Å². The van der Waals surface area contributed by atoms with E-state index in [0.29, 0.717) is 23.4 Å². The number of nitrogens with zero attached hydrogens (tertiary/aromatic N) is 2. The van der Waals surface area contributed by atoms with E-state index >= 15 is 0 Å². The molecule has 0 spiro atoms. The number of primary amides is 1. The third-order valence-corrected chi connectivity index (χ3v) is 7.64. The van der Waals surface area contributed by atoms with Gasteiger partial charge in [-0.15, -0.1) is 0 Å². The first kappa shape index (κ1) is 23.2. The van der Waals surface area contributed by atoms with Gasteiger partial charge in [0.05, 0.1) is 17.3 Å². The predicted molar refractivity (Wildman–Crippen MR) is 126 cm³/mol. The number of carbonyl (C=O) groups is 3. The summed E-state index contributed by atoms with van der Waals surface area (Å²) >= 11 is 0. The largest absolute Gasteiger partial charge is 0.508 e. The summed E-state index contributed by atoms with van der Waals surface area (Å²) in [6.07, 6.45) is 0.452. The molecular weight excluding hydrogens is 456 g/mol. The maximum atomic E-state index is 13.9. The van der Waals surface area contributed by atoms with E-state index in [1.165, 1.54) is 4.90 Å². The van der Waals surface area contributed by atoms with Gasteiger partial charge in [0.2, 0.25) is 5.78 Å². The normalized spacial score (nSPS) is 29.3. The lowest BCUT2D eigenvalue weighted by molar-refractivity contribution is -0.153. The van der Waals surface area contributed by atoms with Gasteiger partial charge in [-0.05, 0) is 44.5 Å². The zero-order valence-corrected chi connectivity index (χ0v) is 19.9. The van der Waals surface area contributed by atoms with Crippen molar-refractivity contribution in [3.8, 4) is 5.75 Å². The Bertz CT molecular complexity index is 1260. The topological polar surface area (TPSA) is 166 Å². The van der Waals surface area contributed by atoms with Gasteiger partial charge in [-0.2, -0.15) is 0 Å². The number of hydrogen-bond donors (Lipinski definition) is 5. The third kappa shape index (κ3) is 2.88. The van der Waals surface area contributed by atoms with Crippen LogP contribution in [0.4, 0.5) is 11.4 Å². The molecule has 4 aliphatic rings.